The van der Waals surface area contributed by atoms with Crippen molar-refractivity contribution in [2.24, 2.45) is 0 Å². The van der Waals surface area contributed by atoms with Crippen molar-refractivity contribution in [3.63, 3.8) is 0 Å². The molecule has 2 aliphatic heterocycles. The van der Waals surface area contributed by atoms with Gasteiger partial charge < -0.3 is 19.6 Å². The zero-order valence-corrected chi connectivity index (χ0v) is 21.9. The summed E-state index contributed by atoms with van der Waals surface area (Å²) in [4.78, 5) is 21.6. The molecule has 10 heteroatoms. The second-order valence-electron chi connectivity index (χ2n) is 10.6. The molecule has 0 spiro atoms. The van der Waals surface area contributed by atoms with E-state index in [4.69, 9.17) is 4.74 Å². The highest BCUT2D eigenvalue weighted by Gasteiger charge is 2.38. The highest BCUT2D eigenvalue weighted by molar-refractivity contribution is 7.19. The first-order valence-electron chi connectivity index (χ1n) is 12.4. The molecule has 1 fully saturated rings. The smallest absolute Gasteiger partial charge is 0.416 e. The zero-order valence-electron chi connectivity index (χ0n) is 21.1. The normalized spacial score (nSPS) is 18.4. The molecule has 5 rings (SSSR count). The molecular formula is C27H30F3N3O3S. The number of nitrogens with zero attached hydrogens (tertiary/aromatic N) is 3. The first-order valence-corrected chi connectivity index (χ1v) is 13.2. The Bertz CT molecular complexity index is 1330. The lowest BCUT2D eigenvalue weighted by Crippen LogP contribution is -2.43. The van der Waals surface area contributed by atoms with Crippen molar-refractivity contribution in [1.82, 2.24) is 9.88 Å². The van der Waals surface area contributed by atoms with Crippen LogP contribution in [0.15, 0.2) is 30.5 Å². The summed E-state index contributed by atoms with van der Waals surface area (Å²) in [7, 11) is 0. The van der Waals surface area contributed by atoms with Gasteiger partial charge in [0.05, 0.1) is 22.4 Å². The number of carbonyl (C=O) groups is 1. The van der Waals surface area contributed by atoms with E-state index in [0.29, 0.717) is 59.6 Å². The predicted molar refractivity (Wildman–Crippen MR) is 138 cm³/mol. The Morgan fingerprint density at radius 2 is 1.97 bits per heavy atom. The van der Waals surface area contributed by atoms with Gasteiger partial charge in [0.15, 0.2) is 0 Å². The minimum absolute atomic E-state index is 0.0317. The van der Waals surface area contributed by atoms with Crippen molar-refractivity contribution in [1.29, 1.82) is 0 Å². The van der Waals surface area contributed by atoms with Crippen molar-refractivity contribution in [3.05, 3.63) is 46.5 Å². The van der Waals surface area contributed by atoms with Crippen LogP contribution in [0.2, 0.25) is 0 Å². The van der Waals surface area contributed by atoms with Crippen LogP contribution in [0.4, 0.5) is 23.7 Å². The number of amides is 1. The number of pyridine rings is 1. The van der Waals surface area contributed by atoms with Gasteiger partial charge in [-0.3, -0.25) is 4.98 Å². The third kappa shape index (κ3) is 5.13. The molecule has 1 N–H and O–H groups in total. The highest BCUT2D eigenvalue weighted by atomic mass is 32.1. The van der Waals surface area contributed by atoms with Crippen LogP contribution in [-0.2, 0) is 23.9 Å². The summed E-state index contributed by atoms with van der Waals surface area (Å²) in [5.74, 6) is 0. The Hall–Kier alpha value is -2.85. The van der Waals surface area contributed by atoms with Gasteiger partial charge in [0.1, 0.15) is 5.60 Å². The summed E-state index contributed by atoms with van der Waals surface area (Å²) in [5, 5.41) is 9.65. The molecule has 6 nitrogen and oxygen atoms in total. The Kier molecular flexibility index (Phi) is 6.60. The van der Waals surface area contributed by atoms with Gasteiger partial charge in [-0.15, -0.1) is 11.3 Å². The van der Waals surface area contributed by atoms with Crippen molar-refractivity contribution >= 4 is 33.3 Å². The number of anilines is 1. The third-order valence-corrected chi connectivity index (χ3v) is 7.96. The monoisotopic (exact) mass is 533 g/mol. The van der Waals surface area contributed by atoms with E-state index in [1.807, 2.05) is 20.8 Å². The molecule has 3 aromatic rings. The van der Waals surface area contributed by atoms with E-state index in [9.17, 15) is 23.1 Å². The maximum atomic E-state index is 14.0. The fraction of sp³-hybridized carbons (Fsp3) is 0.481. The zero-order chi connectivity index (χ0) is 26.5. The largest absolute Gasteiger partial charge is 0.444 e. The number of carbonyl (C=O) groups excluding carboxylic acids is 1. The van der Waals surface area contributed by atoms with Gasteiger partial charge in [-0.2, -0.15) is 13.2 Å². The molecule has 1 aromatic carbocycles. The molecule has 0 bridgehead atoms. The number of aliphatic hydroxyl groups excluding tert-OH is 1. The van der Waals surface area contributed by atoms with Crippen LogP contribution < -0.4 is 4.90 Å². The van der Waals surface area contributed by atoms with E-state index in [2.05, 4.69) is 9.88 Å². The molecule has 2 aromatic heterocycles. The van der Waals surface area contributed by atoms with Crippen molar-refractivity contribution in [2.75, 3.05) is 24.5 Å². The number of aryl methyl sites for hydroxylation is 1. The summed E-state index contributed by atoms with van der Waals surface area (Å²) in [6, 6.07) is 6.01. The van der Waals surface area contributed by atoms with Gasteiger partial charge in [0.2, 0.25) is 0 Å². The van der Waals surface area contributed by atoms with Crippen molar-refractivity contribution < 1.29 is 27.8 Å². The van der Waals surface area contributed by atoms with Gasteiger partial charge in [0, 0.05) is 53.6 Å². The van der Waals surface area contributed by atoms with Crippen molar-refractivity contribution in [3.8, 4) is 11.1 Å². The number of thiophene rings is 1. The lowest BCUT2D eigenvalue weighted by atomic mass is 9.90. The van der Waals surface area contributed by atoms with E-state index >= 15 is 0 Å². The summed E-state index contributed by atoms with van der Waals surface area (Å²) in [5.41, 5.74) is 2.02. The number of hydrogen-bond acceptors (Lipinski definition) is 6. The first kappa shape index (κ1) is 25.8. The molecule has 0 saturated carbocycles. The summed E-state index contributed by atoms with van der Waals surface area (Å²) < 4.78 is 48.3. The Morgan fingerprint density at radius 3 is 2.68 bits per heavy atom. The van der Waals surface area contributed by atoms with Gasteiger partial charge in [-0.1, -0.05) is 0 Å². The van der Waals surface area contributed by atoms with E-state index in [0.717, 1.165) is 16.8 Å². The minimum Gasteiger partial charge on any atom is -0.444 e. The number of alkyl halides is 3. The number of ether oxygens (including phenoxy) is 1. The topological polar surface area (TPSA) is 65.9 Å². The molecule has 0 radical (unpaired) electrons. The molecule has 1 saturated heterocycles. The predicted octanol–water partition coefficient (Wildman–Crippen LogP) is 6.24. The maximum Gasteiger partial charge on any atom is 0.416 e. The number of benzene rings is 1. The fourth-order valence-corrected chi connectivity index (χ4v) is 6.28. The van der Waals surface area contributed by atoms with Crippen LogP contribution in [0.3, 0.4) is 0 Å². The van der Waals surface area contributed by atoms with Gasteiger partial charge in [-0.05, 0) is 69.9 Å². The van der Waals surface area contributed by atoms with Gasteiger partial charge >= 0.3 is 12.3 Å². The van der Waals surface area contributed by atoms with E-state index in [-0.39, 0.29) is 18.7 Å². The molecule has 1 amide bonds. The molecule has 2 aliphatic rings. The third-order valence-electron chi connectivity index (χ3n) is 6.81. The average molecular weight is 534 g/mol. The van der Waals surface area contributed by atoms with Crippen LogP contribution in [0, 0.1) is 0 Å². The second kappa shape index (κ2) is 9.47. The minimum atomic E-state index is -4.48. The van der Waals surface area contributed by atoms with E-state index in [1.54, 1.807) is 23.2 Å². The van der Waals surface area contributed by atoms with Crippen LogP contribution >= 0.6 is 11.3 Å². The summed E-state index contributed by atoms with van der Waals surface area (Å²) in [6.07, 6.45) is -1.26. The molecule has 0 aliphatic carbocycles. The standard InChI is InChI=1S/C27H30F3N3O3S/c1-26(2,3)36-25(35)32-10-7-18(14-32)33-9-4-5-16-11-17(27(28,29)30)12-21(23(16)33)20-6-8-31-22-13-19(15-34)37-24(20)22/h6,8,11-13,18,34H,4-5,7,9-10,14-15H2,1-3H3. The number of likely N-dealkylation sites (tertiary alicyclic amines) is 1. The van der Waals surface area contributed by atoms with Crippen LogP contribution in [0.5, 0.6) is 0 Å². The van der Waals surface area contributed by atoms with Crippen LogP contribution in [0.1, 0.15) is 49.6 Å². The van der Waals surface area contributed by atoms with Gasteiger partial charge in [-0.25, -0.2) is 4.79 Å². The van der Waals surface area contributed by atoms with Crippen LogP contribution in [0.25, 0.3) is 21.3 Å². The molecule has 1 atom stereocenters. The first-order chi connectivity index (χ1) is 17.4. The number of aliphatic hydroxyl groups is 1. The number of aromatic nitrogens is 1. The lowest BCUT2D eigenvalue weighted by molar-refractivity contribution is -0.137. The summed E-state index contributed by atoms with van der Waals surface area (Å²) in [6.45, 7) is 7.00. The highest BCUT2D eigenvalue weighted by Crippen LogP contribution is 2.46. The number of halogens is 3. The number of hydrogen-bond donors (Lipinski definition) is 1. The molecule has 1 unspecified atom stereocenters. The van der Waals surface area contributed by atoms with Crippen molar-refractivity contribution in [2.45, 2.75) is 64.5 Å². The Balaban J connectivity index is 1.60. The molecule has 198 valence electrons. The molecular weight excluding hydrogens is 503 g/mol. The van der Waals surface area contributed by atoms with E-state index < -0.39 is 17.3 Å². The quantitative estimate of drug-likeness (QED) is 0.432. The maximum absolute atomic E-state index is 14.0. The van der Waals surface area contributed by atoms with Gasteiger partial charge in [0.25, 0.3) is 0 Å². The average Bonchev–Trinajstić information content (AvgIpc) is 3.48. The lowest BCUT2D eigenvalue weighted by Gasteiger charge is -2.38. The Morgan fingerprint density at radius 1 is 1.19 bits per heavy atom. The fourth-order valence-electron chi connectivity index (χ4n) is 5.28. The second-order valence-corrected chi connectivity index (χ2v) is 11.8. The number of fused-ring (bicyclic) bond motifs is 2. The summed E-state index contributed by atoms with van der Waals surface area (Å²) >= 11 is 1.34. The van der Waals surface area contributed by atoms with Crippen LogP contribution in [-0.4, -0.2) is 52.4 Å². The molecule has 4 heterocycles. The van der Waals surface area contributed by atoms with E-state index in [1.165, 1.54) is 23.5 Å². The Labute approximate surface area is 217 Å². The number of rotatable bonds is 3. The SMILES string of the molecule is CC(C)(C)OC(=O)N1CCC(N2CCCc3cc(C(F)(F)F)cc(-c4ccnc5cc(CO)sc45)c32)C1. The molecule has 37 heavy (non-hydrogen) atoms.